The minimum Gasteiger partial charge on any atom is -0.362 e. The van der Waals surface area contributed by atoms with Gasteiger partial charge in [0.25, 0.3) is 5.91 Å². The zero-order valence-corrected chi connectivity index (χ0v) is 28.5. The van der Waals surface area contributed by atoms with Crippen LogP contribution in [0.5, 0.6) is 0 Å². The first-order valence-electron chi connectivity index (χ1n) is 16.4. The first kappa shape index (κ1) is 35.1. The number of nitrogens with zero attached hydrogens (tertiary/aromatic N) is 6. The molecule has 1 aromatic carbocycles. The summed E-state index contributed by atoms with van der Waals surface area (Å²) >= 11 is 0.916. The van der Waals surface area contributed by atoms with E-state index in [0.717, 1.165) is 37.2 Å². The lowest BCUT2D eigenvalue weighted by atomic mass is 9.78. The molecule has 0 spiro atoms. The molecule has 2 N–H and O–H groups in total. The number of likely N-dealkylation sites (N-methyl/N-ethyl adjacent to an activating group) is 1. The van der Waals surface area contributed by atoms with E-state index in [0.29, 0.717) is 61.9 Å². The smallest absolute Gasteiger partial charge is 0.265 e. The van der Waals surface area contributed by atoms with Gasteiger partial charge in [0.05, 0.1) is 11.9 Å². The number of amides is 4. The number of piperazine rings is 1. The predicted octanol–water partition coefficient (Wildman–Crippen LogP) is 3.70. The minimum atomic E-state index is -0.988. The number of hydrogen-bond acceptors (Lipinski definition) is 10. The number of hydrogen-bond donors (Lipinski definition) is 2. The monoisotopic (exact) mass is 682 g/mol. The fourth-order valence-electron chi connectivity index (χ4n) is 6.57. The van der Waals surface area contributed by atoms with Crippen molar-refractivity contribution in [2.24, 2.45) is 11.8 Å². The lowest BCUT2D eigenvalue weighted by molar-refractivity contribution is -0.135. The zero-order chi connectivity index (χ0) is 34.4. The number of benzene rings is 1. The molecule has 4 amide bonds. The van der Waals surface area contributed by atoms with E-state index in [9.17, 15) is 19.2 Å². The number of aromatic nitrogens is 3. The van der Waals surface area contributed by atoms with Gasteiger partial charge in [0.2, 0.25) is 18.2 Å². The predicted molar refractivity (Wildman–Crippen MR) is 178 cm³/mol. The summed E-state index contributed by atoms with van der Waals surface area (Å²) < 4.78 is 24.7. The lowest BCUT2D eigenvalue weighted by Crippen LogP contribution is -2.55. The van der Waals surface area contributed by atoms with Crippen LogP contribution in [0.15, 0.2) is 35.2 Å². The van der Waals surface area contributed by atoms with Gasteiger partial charge in [-0.2, -0.15) is 0 Å². The third-order valence-electron chi connectivity index (χ3n) is 9.65. The van der Waals surface area contributed by atoms with Crippen LogP contribution < -0.4 is 15.5 Å². The van der Waals surface area contributed by atoms with Crippen molar-refractivity contribution in [3.05, 3.63) is 52.6 Å². The summed E-state index contributed by atoms with van der Waals surface area (Å²) in [7, 11) is 1.98. The molecular formula is C33H43FN8O5S. The van der Waals surface area contributed by atoms with Crippen LogP contribution in [0.2, 0.25) is 0 Å². The molecule has 1 saturated carbocycles. The van der Waals surface area contributed by atoms with E-state index < -0.39 is 35.6 Å². The maximum absolute atomic E-state index is 15.8. The maximum atomic E-state index is 15.8. The van der Waals surface area contributed by atoms with E-state index in [2.05, 4.69) is 37.2 Å². The molecule has 13 nitrogen and oxygen atoms in total. The van der Waals surface area contributed by atoms with Gasteiger partial charge in [-0.3, -0.25) is 24.1 Å². The quantitative estimate of drug-likeness (QED) is 0.272. The summed E-state index contributed by atoms with van der Waals surface area (Å²) in [4.78, 5) is 58.7. The molecule has 1 saturated heterocycles. The molecule has 0 unspecified atom stereocenters. The Morgan fingerprint density at radius 1 is 1.17 bits per heavy atom. The van der Waals surface area contributed by atoms with Gasteiger partial charge in [0, 0.05) is 32.1 Å². The van der Waals surface area contributed by atoms with Gasteiger partial charge in [0.15, 0.2) is 0 Å². The van der Waals surface area contributed by atoms with E-state index in [1.807, 2.05) is 14.0 Å². The normalized spacial score (nSPS) is 20.4. The van der Waals surface area contributed by atoms with Gasteiger partial charge < -0.3 is 25.0 Å². The van der Waals surface area contributed by atoms with Gasteiger partial charge in [0.1, 0.15) is 40.4 Å². The maximum Gasteiger partial charge on any atom is 0.265 e. The Morgan fingerprint density at radius 2 is 1.90 bits per heavy atom. The van der Waals surface area contributed by atoms with E-state index in [1.165, 1.54) is 29.5 Å². The average molecular weight is 683 g/mol. The highest BCUT2D eigenvalue weighted by Crippen LogP contribution is 2.35. The summed E-state index contributed by atoms with van der Waals surface area (Å²) in [5.74, 6) is -2.23. The van der Waals surface area contributed by atoms with E-state index in [4.69, 9.17) is 4.52 Å². The number of carbonyl (C=O) groups is 4. The molecule has 2 aromatic heterocycles. The average Bonchev–Trinajstić information content (AvgIpc) is 3.80. The summed E-state index contributed by atoms with van der Waals surface area (Å²) in [6.07, 6.45) is 7.11. The first-order valence-corrected chi connectivity index (χ1v) is 17.2. The summed E-state index contributed by atoms with van der Waals surface area (Å²) in [6, 6.07) is 2.47. The second-order valence-corrected chi connectivity index (χ2v) is 13.6. The molecule has 15 heteroatoms. The van der Waals surface area contributed by atoms with Crippen molar-refractivity contribution >= 4 is 47.0 Å². The molecule has 0 radical (unpaired) electrons. The Kier molecular flexibility index (Phi) is 11.5. The summed E-state index contributed by atoms with van der Waals surface area (Å²) in [5, 5.41) is 13.3. The topological polar surface area (TPSA) is 154 Å². The van der Waals surface area contributed by atoms with Crippen LogP contribution in [0.3, 0.4) is 0 Å². The van der Waals surface area contributed by atoms with Gasteiger partial charge >= 0.3 is 0 Å². The summed E-state index contributed by atoms with van der Waals surface area (Å²) in [5.41, 5.74) is 1.37. The highest BCUT2D eigenvalue weighted by atomic mass is 32.1. The Hall–Kier alpha value is -4.24. The van der Waals surface area contributed by atoms with Crippen molar-refractivity contribution in [2.75, 3.05) is 43.4 Å². The number of rotatable bonds is 12. The zero-order valence-electron chi connectivity index (χ0n) is 27.7. The summed E-state index contributed by atoms with van der Waals surface area (Å²) in [6.45, 7) is 8.20. The third-order valence-corrected chi connectivity index (χ3v) is 10.3. The molecule has 2 aliphatic rings. The standard InChI is InChI=1S/C33H43FN8O5S/c1-5-25-27(18-47-38-25)42(19-43)30(22-8-6-20(2)7-9-22)32(45)36-26-11-10-23(16-24(26)34)21(3)29(37-31(44)28-17-35-39-48-28)33(46)41-14-12-40(4)13-15-41/h10-11,16-22,29-30H,5-9,12-15H2,1-4H3,(H,36,45)(H,37,44)/t20?,21-,22?,29+,30-/m0/s1. The van der Waals surface area contributed by atoms with Gasteiger partial charge in [-0.15, -0.1) is 5.10 Å². The number of aryl methyl sites for hydroxylation is 1. The molecule has 258 valence electrons. The minimum absolute atomic E-state index is 0.0567. The molecule has 2 fully saturated rings. The van der Waals surface area contributed by atoms with Crippen LogP contribution in [0.25, 0.3) is 0 Å². The fourth-order valence-corrected chi connectivity index (χ4v) is 6.99. The van der Waals surface area contributed by atoms with Crippen molar-refractivity contribution in [2.45, 2.75) is 70.9 Å². The van der Waals surface area contributed by atoms with Gasteiger partial charge in [-0.05, 0) is 67.4 Å². The second-order valence-electron chi connectivity index (χ2n) is 12.9. The molecule has 3 atom stereocenters. The number of nitrogens with one attached hydrogen (secondary N) is 2. The molecular weight excluding hydrogens is 639 g/mol. The Labute approximate surface area is 283 Å². The Bertz CT molecular complexity index is 1570. The van der Waals surface area contributed by atoms with Crippen LogP contribution in [-0.4, -0.2) is 94.0 Å². The molecule has 1 aliphatic carbocycles. The van der Waals surface area contributed by atoms with E-state index >= 15 is 4.39 Å². The molecule has 1 aliphatic heterocycles. The number of carbonyl (C=O) groups excluding carboxylic acids is 4. The molecule has 0 bridgehead atoms. The number of halogens is 1. The Balaban J connectivity index is 1.38. The van der Waals surface area contributed by atoms with Gasteiger partial charge in [-0.1, -0.05) is 49.3 Å². The van der Waals surface area contributed by atoms with Gasteiger partial charge in [-0.25, -0.2) is 4.39 Å². The molecule has 5 rings (SSSR count). The molecule has 48 heavy (non-hydrogen) atoms. The van der Waals surface area contributed by atoms with Crippen molar-refractivity contribution < 1.29 is 28.1 Å². The Morgan fingerprint density at radius 3 is 2.52 bits per heavy atom. The van der Waals surface area contributed by atoms with E-state index in [1.54, 1.807) is 17.9 Å². The van der Waals surface area contributed by atoms with Crippen molar-refractivity contribution in [3.8, 4) is 0 Å². The van der Waals surface area contributed by atoms with Crippen LogP contribution >= 0.6 is 11.5 Å². The third kappa shape index (κ3) is 7.89. The van der Waals surface area contributed by atoms with Crippen LogP contribution in [0, 0.1) is 17.7 Å². The van der Waals surface area contributed by atoms with Crippen LogP contribution in [0.1, 0.15) is 73.3 Å². The number of anilines is 2. The first-order chi connectivity index (χ1) is 23.1. The largest absolute Gasteiger partial charge is 0.362 e. The van der Waals surface area contributed by atoms with Crippen molar-refractivity contribution in [1.82, 2.24) is 29.9 Å². The lowest BCUT2D eigenvalue weighted by Gasteiger charge is -2.37. The molecule has 3 heterocycles. The fraction of sp³-hybridized carbons (Fsp3) is 0.545. The van der Waals surface area contributed by atoms with Crippen molar-refractivity contribution in [1.29, 1.82) is 0 Å². The highest BCUT2D eigenvalue weighted by molar-refractivity contribution is 7.07. The second kappa shape index (κ2) is 15.8. The van der Waals surface area contributed by atoms with E-state index in [-0.39, 0.29) is 22.4 Å². The van der Waals surface area contributed by atoms with Crippen LogP contribution in [0.4, 0.5) is 15.8 Å². The highest BCUT2D eigenvalue weighted by Gasteiger charge is 2.38. The van der Waals surface area contributed by atoms with Crippen molar-refractivity contribution in [3.63, 3.8) is 0 Å². The van der Waals surface area contributed by atoms with Crippen LogP contribution in [-0.2, 0) is 20.8 Å². The molecule has 3 aromatic rings. The SMILES string of the molecule is CCc1nocc1N(C=O)[C@H](C(=O)Nc1ccc([C@H](C)[C@@H](NC(=O)c2cnns2)C(=O)N2CCN(C)CC2)cc1F)C1CCC(C)CC1.